The Labute approximate surface area is 146 Å². The van der Waals surface area contributed by atoms with Crippen LogP contribution in [0.3, 0.4) is 0 Å². The molecule has 1 aromatic heterocycles. The lowest BCUT2D eigenvalue weighted by Crippen LogP contribution is -2.06. The summed E-state index contributed by atoms with van der Waals surface area (Å²) in [5.74, 6) is 1.93. The number of nitrogens with two attached hydrogens (primary N) is 1. The minimum Gasteiger partial charge on any atom is -0.368 e. The average Bonchev–Trinajstić information content (AvgIpc) is 2.55. The van der Waals surface area contributed by atoms with Gasteiger partial charge in [-0.15, -0.1) is 11.8 Å². The smallest absolute Gasteiger partial charge is 0.232 e. The number of hydrogen-bond donors (Lipinski definition) is 2. The molecule has 0 unspecified atom stereocenters. The fourth-order valence-corrected chi connectivity index (χ4v) is 2.91. The highest BCUT2D eigenvalue weighted by atomic mass is 79.9. The second kappa shape index (κ2) is 7.43. The Balaban J connectivity index is 1.71. The number of nitrogens with zero attached hydrogens (tertiary/aromatic N) is 3. The second-order valence-electron chi connectivity index (χ2n) is 4.67. The van der Waals surface area contributed by atoms with Crippen LogP contribution in [0.1, 0.15) is 5.82 Å². The monoisotopic (exact) mass is 387 g/mol. The molecule has 3 rings (SSSR count). The summed E-state index contributed by atoms with van der Waals surface area (Å²) in [5.41, 5.74) is 6.69. The average molecular weight is 388 g/mol. The molecular weight excluding hydrogens is 374 g/mol. The van der Waals surface area contributed by atoms with Gasteiger partial charge in [-0.3, -0.25) is 0 Å². The van der Waals surface area contributed by atoms with E-state index in [1.807, 2.05) is 54.6 Å². The van der Waals surface area contributed by atoms with Gasteiger partial charge in [0.2, 0.25) is 11.9 Å². The van der Waals surface area contributed by atoms with E-state index in [0.29, 0.717) is 17.5 Å². The van der Waals surface area contributed by atoms with Crippen molar-refractivity contribution < 1.29 is 0 Å². The van der Waals surface area contributed by atoms with Crippen molar-refractivity contribution in [2.45, 2.75) is 10.6 Å². The maximum atomic E-state index is 5.78. The summed E-state index contributed by atoms with van der Waals surface area (Å²) in [6.07, 6.45) is 0. The SMILES string of the molecule is Nc1nc(CSc2ccc(Br)cc2)nc(Nc2ccccc2)n1. The third kappa shape index (κ3) is 4.67. The van der Waals surface area contributed by atoms with Crippen LogP contribution >= 0.6 is 27.7 Å². The predicted octanol–water partition coefficient (Wildman–Crippen LogP) is 4.25. The van der Waals surface area contributed by atoms with Crippen molar-refractivity contribution in [2.75, 3.05) is 11.1 Å². The van der Waals surface area contributed by atoms with E-state index >= 15 is 0 Å². The Morgan fingerprint density at radius 2 is 1.70 bits per heavy atom. The number of benzene rings is 2. The zero-order valence-electron chi connectivity index (χ0n) is 12.1. The Hall–Kier alpha value is -2.12. The summed E-state index contributed by atoms with van der Waals surface area (Å²) in [4.78, 5) is 13.9. The second-order valence-corrected chi connectivity index (χ2v) is 6.63. The molecule has 0 radical (unpaired) electrons. The summed E-state index contributed by atoms with van der Waals surface area (Å²) in [7, 11) is 0. The van der Waals surface area contributed by atoms with Gasteiger partial charge in [-0.05, 0) is 36.4 Å². The Bertz CT molecular complexity index is 780. The molecule has 5 nitrogen and oxygen atoms in total. The number of rotatable bonds is 5. The first-order valence-electron chi connectivity index (χ1n) is 6.90. The topological polar surface area (TPSA) is 76.7 Å². The summed E-state index contributed by atoms with van der Waals surface area (Å²) < 4.78 is 1.06. The van der Waals surface area contributed by atoms with Gasteiger partial charge in [0.05, 0.1) is 5.75 Å². The Morgan fingerprint density at radius 1 is 0.957 bits per heavy atom. The minimum atomic E-state index is 0.213. The number of para-hydroxylation sites is 1. The van der Waals surface area contributed by atoms with Crippen molar-refractivity contribution >= 4 is 45.3 Å². The normalized spacial score (nSPS) is 10.5. The maximum absolute atomic E-state index is 5.78. The molecule has 0 saturated carbocycles. The van der Waals surface area contributed by atoms with E-state index < -0.39 is 0 Å². The molecule has 0 atom stereocenters. The lowest BCUT2D eigenvalue weighted by molar-refractivity contribution is 0.982. The van der Waals surface area contributed by atoms with Crippen molar-refractivity contribution in [3.8, 4) is 0 Å². The van der Waals surface area contributed by atoms with Crippen molar-refractivity contribution in [1.29, 1.82) is 0 Å². The van der Waals surface area contributed by atoms with Gasteiger partial charge in [0.25, 0.3) is 0 Å². The van der Waals surface area contributed by atoms with Crippen LogP contribution in [0.5, 0.6) is 0 Å². The molecule has 0 fully saturated rings. The molecule has 3 aromatic rings. The van der Waals surface area contributed by atoms with E-state index in [-0.39, 0.29) is 5.95 Å². The molecule has 3 N–H and O–H groups in total. The number of halogens is 1. The Morgan fingerprint density at radius 3 is 2.43 bits per heavy atom. The van der Waals surface area contributed by atoms with Crippen molar-refractivity contribution in [3.05, 3.63) is 64.9 Å². The van der Waals surface area contributed by atoms with E-state index in [2.05, 4.69) is 36.2 Å². The first kappa shape index (κ1) is 15.8. The van der Waals surface area contributed by atoms with Gasteiger partial charge in [-0.25, -0.2) is 0 Å². The van der Waals surface area contributed by atoms with E-state index in [1.54, 1.807) is 11.8 Å². The molecule has 0 bridgehead atoms. The van der Waals surface area contributed by atoms with Gasteiger partial charge in [0.1, 0.15) is 5.82 Å². The van der Waals surface area contributed by atoms with Crippen LogP contribution in [-0.2, 0) is 5.75 Å². The van der Waals surface area contributed by atoms with Crippen LogP contribution in [0.25, 0.3) is 0 Å². The lowest BCUT2D eigenvalue weighted by Gasteiger charge is -2.07. The van der Waals surface area contributed by atoms with Crippen LogP contribution in [0.4, 0.5) is 17.6 Å². The van der Waals surface area contributed by atoms with Crippen LogP contribution in [0, 0.1) is 0 Å². The molecule has 0 aliphatic carbocycles. The molecule has 0 spiro atoms. The molecule has 1 heterocycles. The molecule has 23 heavy (non-hydrogen) atoms. The molecule has 2 aromatic carbocycles. The molecule has 0 saturated heterocycles. The van der Waals surface area contributed by atoms with E-state index in [1.165, 1.54) is 0 Å². The van der Waals surface area contributed by atoms with E-state index in [4.69, 9.17) is 5.73 Å². The zero-order valence-corrected chi connectivity index (χ0v) is 14.5. The molecule has 7 heteroatoms. The van der Waals surface area contributed by atoms with E-state index in [0.717, 1.165) is 15.1 Å². The van der Waals surface area contributed by atoms with Crippen molar-refractivity contribution in [3.63, 3.8) is 0 Å². The highest BCUT2D eigenvalue weighted by molar-refractivity contribution is 9.10. The molecule has 0 amide bonds. The highest BCUT2D eigenvalue weighted by Gasteiger charge is 2.06. The lowest BCUT2D eigenvalue weighted by atomic mass is 10.3. The van der Waals surface area contributed by atoms with E-state index in [9.17, 15) is 0 Å². The van der Waals surface area contributed by atoms with Gasteiger partial charge in [0.15, 0.2) is 0 Å². The van der Waals surface area contributed by atoms with Crippen LogP contribution < -0.4 is 11.1 Å². The number of aromatic nitrogens is 3. The third-order valence-electron chi connectivity index (χ3n) is 2.91. The molecule has 0 aliphatic rings. The first-order chi connectivity index (χ1) is 11.2. The van der Waals surface area contributed by atoms with Crippen molar-refractivity contribution in [1.82, 2.24) is 15.0 Å². The van der Waals surface area contributed by atoms with Gasteiger partial charge >= 0.3 is 0 Å². The van der Waals surface area contributed by atoms with Crippen molar-refractivity contribution in [2.24, 2.45) is 0 Å². The number of nitrogen functional groups attached to an aromatic ring is 1. The first-order valence-corrected chi connectivity index (χ1v) is 8.68. The predicted molar refractivity (Wildman–Crippen MR) is 97.7 cm³/mol. The quantitative estimate of drug-likeness (QED) is 0.637. The van der Waals surface area contributed by atoms with Gasteiger partial charge in [-0.1, -0.05) is 34.1 Å². The molecular formula is C16H14BrN5S. The summed E-state index contributed by atoms with van der Waals surface area (Å²) >= 11 is 5.07. The maximum Gasteiger partial charge on any atom is 0.232 e. The summed E-state index contributed by atoms with van der Waals surface area (Å²) in [5, 5.41) is 3.13. The van der Waals surface area contributed by atoms with Crippen LogP contribution in [-0.4, -0.2) is 15.0 Å². The third-order valence-corrected chi connectivity index (χ3v) is 4.45. The number of hydrogen-bond acceptors (Lipinski definition) is 6. The van der Waals surface area contributed by atoms with Gasteiger partial charge in [-0.2, -0.15) is 15.0 Å². The fourth-order valence-electron chi connectivity index (χ4n) is 1.89. The highest BCUT2D eigenvalue weighted by Crippen LogP contribution is 2.24. The molecule has 0 aliphatic heterocycles. The van der Waals surface area contributed by atoms with Gasteiger partial charge < -0.3 is 11.1 Å². The summed E-state index contributed by atoms with van der Waals surface area (Å²) in [6.45, 7) is 0. The van der Waals surface area contributed by atoms with Crippen LogP contribution in [0.2, 0.25) is 0 Å². The largest absolute Gasteiger partial charge is 0.368 e. The number of nitrogens with one attached hydrogen (secondary N) is 1. The van der Waals surface area contributed by atoms with Gasteiger partial charge in [0, 0.05) is 15.1 Å². The number of anilines is 3. The number of thioether (sulfide) groups is 1. The Kier molecular flexibility index (Phi) is 5.09. The summed E-state index contributed by atoms with van der Waals surface area (Å²) in [6, 6.07) is 17.8. The fraction of sp³-hybridized carbons (Fsp3) is 0.0625. The zero-order chi connectivity index (χ0) is 16.1. The van der Waals surface area contributed by atoms with Crippen LogP contribution in [0.15, 0.2) is 64.0 Å². The molecule has 116 valence electrons. The standard InChI is InChI=1S/C16H14BrN5S/c17-11-6-8-13(9-7-11)23-10-14-20-15(18)22-16(21-14)19-12-4-2-1-3-5-12/h1-9H,10H2,(H3,18,19,20,21,22). The minimum absolute atomic E-state index is 0.213.